The summed E-state index contributed by atoms with van der Waals surface area (Å²) in [5, 5.41) is 40.1. The Kier molecular flexibility index (Phi) is 7.64. The highest BCUT2D eigenvalue weighted by Gasteiger charge is 2.32. The number of hydrogen-bond acceptors (Lipinski definition) is 10. The van der Waals surface area contributed by atoms with Crippen LogP contribution in [0.2, 0.25) is 0 Å². The van der Waals surface area contributed by atoms with E-state index in [0.717, 1.165) is 12.1 Å². The molecule has 1 aromatic carbocycles. The second-order valence-electron chi connectivity index (χ2n) is 7.94. The second-order valence-corrected chi connectivity index (χ2v) is 7.94. The summed E-state index contributed by atoms with van der Waals surface area (Å²) in [6, 6.07) is 6.48. The zero-order valence-corrected chi connectivity index (χ0v) is 18.9. The van der Waals surface area contributed by atoms with Crippen LogP contribution in [0.3, 0.4) is 0 Å². The fourth-order valence-corrected chi connectivity index (χ4v) is 3.32. The largest absolute Gasteiger partial charge is 0.502 e. The van der Waals surface area contributed by atoms with Crippen LogP contribution in [0.1, 0.15) is 48.4 Å². The monoisotopic (exact) mass is 474 g/mol. The molecule has 0 unspecified atom stereocenters. The number of benzene rings is 1. The number of methoxy groups -OCH3 is 1. The van der Waals surface area contributed by atoms with E-state index in [0.29, 0.717) is 18.1 Å². The van der Waals surface area contributed by atoms with Crippen molar-refractivity contribution in [3.8, 4) is 23.0 Å². The van der Waals surface area contributed by atoms with E-state index in [4.69, 9.17) is 18.3 Å². The molecule has 0 fully saturated rings. The highest BCUT2D eigenvalue weighted by atomic mass is 16.5. The highest BCUT2D eigenvalue weighted by Crippen LogP contribution is 2.42. The average Bonchev–Trinajstić information content (AvgIpc) is 2.82. The first-order valence-corrected chi connectivity index (χ1v) is 10.4. The first-order chi connectivity index (χ1) is 16.2. The summed E-state index contributed by atoms with van der Waals surface area (Å²) in [5.41, 5.74) is -1.41. The first kappa shape index (κ1) is 24.9. The number of aliphatic hydroxyl groups excluding tert-OH is 2. The average molecular weight is 474 g/mol. The van der Waals surface area contributed by atoms with Crippen molar-refractivity contribution in [1.82, 2.24) is 0 Å². The van der Waals surface area contributed by atoms with E-state index in [2.05, 4.69) is 0 Å². The number of aromatic hydroxyl groups is 2. The normalized spacial score (nSPS) is 11.3. The van der Waals surface area contributed by atoms with Gasteiger partial charge in [-0.3, -0.25) is 9.59 Å². The minimum Gasteiger partial charge on any atom is -0.502 e. The second kappa shape index (κ2) is 10.4. The standard InChI is InChI=1S/C24H26O10/c1-12(2)11-32-18-5-4-13(6-19(18)31-3)20(23-21(29)16(27)7-14(9-25)33-23)24-22(30)17(28)8-15(10-26)34-24/h4-8,12,20,25-26,29-30H,9-11H2,1-3H3. The summed E-state index contributed by atoms with van der Waals surface area (Å²) in [5.74, 6) is -3.07. The van der Waals surface area contributed by atoms with Gasteiger partial charge < -0.3 is 38.7 Å². The van der Waals surface area contributed by atoms with Crippen LogP contribution in [0.15, 0.2) is 48.8 Å². The maximum absolute atomic E-state index is 12.3. The zero-order valence-electron chi connectivity index (χ0n) is 18.9. The van der Waals surface area contributed by atoms with Gasteiger partial charge in [0.15, 0.2) is 23.0 Å². The molecule has 0 radical (unpaired) electrons. The summed E-state index contributed by atoms with van der Waals surface area (Å²) in [6.45, 7) is 3.09. The molecular weight excluding hydrogens is 448 g/mol. The van der Waals surface area contributed by atoms with Crippen molar-refractivity contribution < 1.29 is 38.7 Å². The maximum atomic E-state index is 12.3. The maximum Gasteiger partial charge on any atom is 0.227 e. The van der Waals surface area contributed by atoms with Crippen molar-refractivity contribution in [2.75, 3.05) is 13.7 Å². The van der Waals surface area contributed by atoms with Gasteiger partial charge in [0.2, 0.25) is 22.4 Å². The molecule has 10 nitrogen and oxygen atoms in total. The molecule has 3 rings (SSSR count). The summed E-state index contributed by atoms with van der Waals surface area (Å²) < 4.78 is 22.3. The van der Waals surface area contributed by atoms with Gasteiger partial charge in [-0.05, 0) is 23.6 Å². The molecule has 0 saturated heterocycles. The van der Waals surface area contributed by atoms with Crippen LogP contribution in [0, 0.1) is 5.92 Å². The molecule has 0 spiro atoms. The summed E-state index contributed by atoms with van der Waals surface area (Å²) in [7, 11) is 1.42. The molecule has 182 valence electrons. The smallest absolute Gasteiger partial charge is 0.227 e. The molecule has 0 atom stereocenters. The van der Waals surface area contributed by atoms with Crippen molar-refractivity contribution >= 4 is 0 Å². The van der Waals surface area contributed by atoms with Gasteiger partial charge in [0.1, 0.15) is 30.7 Å². The fraction of sp³-hybridized carbons (Fsp3) is 0.333. The lowest BCUT2D eigenvalue weighted by Gasteiger charge is -2.20. The molecular formula is C24H26O10. The molecule has 0 aliphatic carbocycles. The van der Waals surface area contributed by atoms with E-state index in [1.165, 1.54) is 13.2 Å². The van der Waals surface area contributed by atoms with Crippen LogP contribution in [-0.2, 0) is 13.2 Å². The Balaban J connectivity index is 2.31. The lowest BCUT2D eigenvalue weighted by Crippen LogP contribution is -2.14. The third-order valence-corrected chi connectivity index (χ3v) is 4.93. The van der Waals surface area contributed by atoms with E-state index < -0.39 is 41.5 Å². The van der Waals surface area contributed by atoms with E-state index in [9.17, 15) is 30.0 Å². The third kappa shape index (κ3) is 5.08. The van der Waals surface area contributed by atoms with Crippen LogP contribution < -0.4 is 20.3 Å². The SMILES string of the molecule is COc1cc(C(c2oc(CO)cc(=O)c2O)c2oc(CO)cc(=O)c2O)ccc1OCC(C)C. The van der Waals surface area contributed by atoms with E-state index in [1.54, 1.807) is 12.1 Å². The van der Waals surface area contributed by atoms with Crippen molar-refractivity contribution in [3.63, 3.8) is 0 Å². The Morgan fingerprint density at radius 2 is 1.38 bits per heavy atom. The number of aliphatic hydroxyl groups is 2. The molecule has 3 aromatic rings. The predicted octanol–water partition coefficient (Wildman–Crippen LogP) is 2.21. The quantitative estimate of drug-likeness (QED) is 0.362. The fourth-order valence-electron chi connectivity index (χ4n) is 3.32. The lowest BCUT2D eigenvalue weighted by atomic mass is 9.91. The molecule has 4 N–H and O–H groups in total. The van der Waals surface area contributed by atoms with Gasteiger partial charge >= 0.3 is 0 Å². The molecule has 0 bridgehead atoms. The Morgan fingerprint density at radius 3 is 1.82 bits per heavy atom. The van der Waals surface area contributed by atoms with Gasteiger partial charge in [-0.2, -0.15) is 0 Å². The van der Waals surface area contributed by atoms with Crippen molar-refractivity contribution in [2.24, 2.45) is 5.92 Å². The van der Waals surface area contributed by atoms with E-state index >= 15 is 0 Å². The molecule has 0 aliphatic heterocycles. The molecule has 0 saturated carbocycles. The van der Waals surface area contributed by atoms with Crippen molar-refractivity contribution in [3.05, 3.63) is 79.4 Å². The van der Waals surface area contributed by atoms with Gasteiger partial charge in [-0.1, -0.05) is 19.9 Å². The first-order valence-electron chi connectivity index (χ1n) is 10.4. The van der Waals surface area contributed by atoms with Crippen LogP contribution >= 0.6 is 0 Å². The Bertz CT molecular complexity index is 1200. The number of ether oxygens (including phenoxy) is 2. The van der Waals surface area contributed by atoms with E-state index in [-0.39, 0.29) is 34.5 Å². The number of hydrogen-bond donors (Lipinski definition) is 4. The molecule has 0 amide bonds. The van der Waals surface area contributed by atoms with Crippen LogP contribution in [0.5, 0.6) is 23.0 Å². The van der Waals surface area contributed by atoms with Crippen LogP contribution in [0.25, 0.3) is 0 Å². The zero-order chi connectivity index (χ0) is 25.0. The molecule has 10 heteroatoms. The van der Waals surface area contributed by atoms with Crippen LogP contribution in [0.4, 0.5) is 0 Å². The minimum atomic E-state index is -1.33. The Labute approximate surface area is 194 Å². The molecule has 2 heterocycles. The van der Waals surface area contributed by atoms with Gasteiger partial charge in [-0.15, -0.1) is 0 Å². The molecule has 2 aromatic heterocycles. The summed E-state index contributed by atoms with van der Waals surface area (Å²) in [6.07, 6.45) is 0. The summed E-state index contributed by atoms with van der Waals surface area (Å²) in [4.78, 5) is 24.7. The Morgan fingerprint density at radius 1 is 0.853 bits per heavy atom. The number of rotatable bonds is 9. The van der Waals surface area contributed by atoms with Gasteiger partial charge in [0.25, 0.3) is 0 Å². The third-order valence-electron chi connectivity index (χ3n) is 4.93. The highest BCUT2D eigenvalue weighted by molar-refractivity contribution is 5.51. The van der Waals surface area contributed by atoms with Crippen molar-refractivity contribution in [1.29, 1.82) is 0 Å². The van der Waals surface area contributed by atoms with Crippen molar-refractivity contribution in [2.45, 2.75) is 33.0 Å². The molecule has 34 heavy (non-hydrogen) atoms. The van der Waals surface area contributed by atoms with Gasteiger partial charge in [-0.25, -0.2) is 0 Å². The van der Waals surface area contributed by atoms with Gasteiger partial charge in [0.05, 0.1) is 13.7 Å². The Hall–Kier alpha value is -3.76. The molecule has 0 aliphatic rings. The lowest BCUT2D eigenvalue weighted by molar-refractivity contribution is 0.225. The van der Waals surface area contributed by atoms with Crippen LogP contribution in [-0.4, -0.2) is 34.1 Å². The summed E-state index contributed by atoms with van der Waals surface area (Å²) >= 11 is 0. The predicted molar refractivity (Wildman–Crippen MR) is 119 cm³/mol. The topological polar surface area (TPSA) is 160 Å². The van der Waals surface area contributed by atoms with E-state index in [1.807, 2.05) is 13.8 Å². The minimum absolute atomic E-state index is 0.160. The van der Waals surface area contributed by atoms with Gasteiger partial charge in [0, 0.05) is 12.1 Å².